The van der Waals surface area contributed by atoms with Crippen LogP contribution in [0.15, 0.2) is 22.7 Å². The molecule has 0 aliphatic rings. The summed E-state index contributed by atoms with van der Waals surface area (Å²) in [5, 5.41) is 3.23. The van der Waals surface area contributed by atoms with Crippen molar-refractivity contribution < 1.29 is 4.39 Å². The SMILES string of the molecule is CC(CN)NCc1ccc(F)cc1Br. The first-order valence-corrected chi connectivity index (χ1v) is 5.30. The summed E-state index contributed by atoms with van der Waals surface area (Å²) in [7, 11) is 0. The van der Waals surface area contributed by atoms with E-state index in [0.717, 1.165) is 10.0 Å². The molecule has 1 rings (SSSR count). The lowest BCUT2D eigenvalue weighted by molar-refractivity contribution is 0.554. The van der Waals surface area contributed by atoms with Crippen LogP contribution in [0.2, 0.25) is 0 Å². The summed E-state index contributed by atoms with van der Waals surface area (Å²) < 4.78 is 13.5. The topological polar surface area (TPSA) is 38.0 Å². The summed E-state index contributed by atoms with van der Waals surface area (Å²) in [6.45, 7) is 3.30. The smallest absolute Gasteiger partial charge is 0.124 e. The van der Waals surface area contributed by atoms with E-state index in [4.69, 9.17) is 5.73 Å². The average Bonchev–Trinajstić information content (AvgIpc) is 2.16. The number of rotatable bonds is 4. The highest BCUT2D eigenvalue weighted by atomic mass is 79.9. The van der Waals surface area contributed by atoms with Gasteiger partial charge in [-0.1, -0.05) is 22.0 Å². The van der Waals surface area contributed by atoms with Crippen molar-refractivity contribution in [1.82, 2.24) is 5.32 Å². The summed E-state index contributed by atoms with van der Waals surface area (Å²) in [5.41, 5.74) is 6.50. The molecular weight excluding hydrogens is 247 g/mol. The molecule has 78 valence electrons. The van der Waals surface area contributed by atoms with Crippen molar-refractivity contribution >= 4 is 15.9 Å². The number of nitrogens with one attached hydrogen (secondary N) is 1. The largest absolute Gasteiger partial charge is 0.329 e. The summed E-state index contributed by atoms with van der Waals surface area (Å²) in [6.07, 6.45) is 0. The number of halogens is 2. The van der Waals surface area contributed by atoms with Gasteiger partial charge in [0.25, 0.3) is 0 Å². The minimum Gasteiger partial charge on any atom is -0.329 e. The molecule has 0 amide bonds. The lowest BCUT2D eigenvalue weighted by Gasteiger charge is -2.12. The Morgan fingerprint density at radius 1 is 1.57 bits per heavy atom. The second kappa shape index (κ2) is 5.44. The minimum atomic E-state index is -0.229. The highest BCUT2D eigenvalue weighted by Gasteiger charge is 2.03. The predicted octanol–water partition coefficient (Wildman–Crippen LogP) is 2.02. The Labute approximate surface area is 91.8 Å². The third-order valence-electron chi connectivity index (χ3n) is 2.01. The van der Waals surface area contributed by atoms with Crippen LogP contribution in [-0.2, 0) is 6.54 Å². The van der Waals surface area contributed by atoms with E-state index in [1.807, 2.05) is 6.92 Å². The lowest BCUT2D eigenvalue weighted by atomic mass is 10.2. The normalized spacial score (nSPS) is 12.9. The molecule has 0 fully saturated rings. The van der Waals surface area contributed by atoms with E-state index in [9.17, 15) is 4.39 Å². The second-order valence-electron chi connectivity index (χ2n) is 3.25. The molecule has 0 bridgehead atoms. The zero-order chi connectivity index (χ0) is 10.6. The molecule has 1 aromatic carbocycles. The van der Waals surface area contributed by atoms with Crippen LogP contribution >= 0.6 is 15.9 Å². The Morgan fingerprint density at radius 2 is 2.29 bits per heavy atom. The third kappa shape index (κ3) is 3.36. The van der Waals surface area contributed by atoms with Gasteiger partial charge in [0.05, 0.1) is 0 Å². The fourth-order valence-corrected chi connectivity index (χ4v) is 1.52. The van der Waals surface area contributed by atoms with Gasteiger partial charge in [-0.15, -0.1) is 0 Å². The molecule has 14 heavy (non-hydrogen) atoms. The van der Waals surface area contributed by atoms with Crippen LogP contribution in [0.4, 0.5) is 4.39 Å². The Morgan fingerprint density at radius 3 is 2.86 bits per heavy atom. The second-order valence-corrected chi connectivity index (χ2v) is 4.11. The van der Waals surface area contributed by atoms with Crippen molar-refractivity contribution in [3.63, 3.8) is 0 Å². The lowest BCUT2D eigenvalue weighted by Crippen LogP contribution is -2.32. The molecule has 3 N–H and O–H groups in total. The maximum atomic E-state index is 12.7. The van der Waals surface area contributed by atoms with E-state index in [-0.39, 0.29) is 11.9 Å². The Balaban J connectivity index is 2.59. The van der Waals surface area contributed by atoms with Crippen LogP contribution in [0.5, 0.6) is 0 Å². The van der Waals surface area contributed by atoms with Crippen molar-refractivity contribution in [2.75, 3.05) is 6.54 Å². The van der Waals surface area contributed by atoms with Gasteiger partial charge in [0.2, 0.25) is 0 Å². The van der Waals surface area contributed by atoms with Gasteiger partial charge >= 0.3 is 0 Å². The van der Waals surface area contributed by atoms with Gasteiger partial charge in [-0.3, -0.25) is 0 Å². The molecule has 4 heteroatoms. The van der Waals surface area contributed by atoms with E-state index in [1.54, 1.807) is 6.07 Å². The van der Waals surface area contributed by atoms with Crippen molar-refractivity contribution in [2.24, 2.45) is 5.73 Å². The van der Waals surface area contributed by atoms with Gasteiger partial charge in [-0.2, -0.15) is 0 Å². The van der Waals surface area contributed by atoms with Gasteiger partial charge in [-0.25, -0.2) is 4.39 Å². The molecule has 1 unspecified atom stereocenters. The van der Waals surface area contributed by atoms with Crippen molar-refractivity contribution in [1.29, 1.82) is 0 Å². The summed E-state index contributed by atoms with van der Waals surface area (Å²) >= 11 is 3.31. The van der Waals surface area contributed by atoms with E-state index in [2.05, 4.69) is 21.2 Å². The predicted molar refractivity (Wildman–Crippen MR) is 59.5 cm³/mol. The molecular formula is C10H14BrFN2. The Bertz CT molecular complexity index is 304. The average molecular weight is 261 g/mol. The van der Waals surface area contributed by atoms with E-state index < -0.39 is 0 Å². The zero-order valence-electron chi connectivity index (χ0n) is 8.06. The molecule has 2 nitrogen and oxygen atoms in total. The van der Waals surface area contributed by atoms with Crippen LogP contribution in [0.25, 0.3) is 0 Å². The Kier molecular flexibility index (Phi) is 4.51. The molecule has 0 radical (unpaired) electrons. The molecule has 0 spiro atoms. The molecule has 0 saturated carbocycles. The highest BCUT2D eigenvalue weighted by molar-refractivity contribution is 9.10. The maximum absolute atomic E-state index is 12.7. The monoisotopic (exact) mass is 260 g/mol. The summed E-state index contributed by atoms with van der Waals surface area (Å²) in [6, 6.07) is 4.95. The first-order valence-electron chi connectivity index (χ1n) is 4.51. The fraction of sp³-hybridized carbons (Fsp3) is 0.400. The molecule has 0 heterocycles. The number of hydrogen-bond donors (Lipinski definition) is 2. The minimum absolute atomic E-state index is 0.229. The number of benzene rings is 1. The summed E-state index contributed by atoms with van der Waals surface area (Å²) in [5.74, 6) is -0.229. The summed E-state index contributed by atoms with van der Waals surface area (Å²) in [4.78, 5) is 0. The standard InChI is InChI=1S/C10H14BrFN2/c1-7(5-13)14-6-8-2-3-9(12)4-10(8)11/h2-4,7,14H,5-6,13H2,1H3. The van der Waals surface area contributed by atoms with Crippen LogP contribution in [0, 0.1) is 5.82 Å². The molecule has 0 aliphatic carbocycles. The first-order chi connectivity index (χ1) is 6.63. The molecule has 0 saturated heterocycles. The molecule has 1 atom stereocenters. The van der Waals surface area contributed by atoms with Crippen molar-refractivity contribution in [3.8, 4) is 0 Å². The molecule has 0 aliphatic heterocycles. The molecule has 1 aromatic rings. The quantitative estimate of drug-likeness (QED) is 0.870. The Hall–Kier alpha value is -0.450. The van der Waals surface area contributed by atoms with E-state index in [0.29, 0.717) is 13.1 Å². The first kappa shape index (κ1) is 11.6. The fourth-order valence-electron chi connectivity index (χ4n) is 1.03. The van der Waals surface area contributed by atoms with Gasteiger partial charge in [0.15, 0.2) is 0 Å². The van der Waals surface area contributed by atoms with Crippen molar-refractivity contribution in [2.45, 2.75) is 19.5 Å². The third-order valence-corrected chi connectivity index (χ3v) is 2.75. The van der Waals surface area contributed by atoms with Gasteiger partial charge in [0, 0.05) is 23.6 Å². The number of hydrogen-bond acceptors (Lipinski definition) is 2. The molecule has 0 aromatic heterocycles. The maximum Gasteiger partial charge on any atom is 0.124 e. The number of nitrogens with two attached hydrogens (primary N) is 1. The van der Waals surface area contributed by atoms with Crippen LogP contribution in [0.1, 0.15) is 12.5 Å². The van der Waals surface area contributed by atoms with E-state index in [1.165, 1.54) is 12.1 Å². The van der Waals surface area contributed by atoms with Gasteiger partial charge in [-0.05, 0) is 24.6 Å². The van der Waals surface area contributed by atoms with Gasteiger partial charge in [0.1, 0.15) is 5.82 Å². The van der Waals surface area contributed by atoms with Crippen LogP contribution in [0.3, 0.4) is 0 Å². The van der Waals surface area contributed by atoms with Crippen LogP contribution in [-0.4, -0.2) is 12.6 Å². The van der Waals surface area contributed by atoms with Crippen LogP contribution < -0.4 is 11.1 Å². The van der Waals surface area contributed by atoms with E-state index >= 15 is 0 Å². The highest BCUT2D eigenvalue weighted by Crippen LogP contribution is 2.17. The zero-order valence-corrected chi connectivity index (χ0v) is 9.64. The van der Waals surface area contributed by atoms with Gasteiger partial charge < -0.3 is 11.1 Å². The van der Waals surface area contributed by atoms with Crippen molar-refractivity contribution in [3.05, 3.63) is 34.1 Å².